The van der Waals surface area contributed by atoms with Crippen LogP contribution in [-0.4, -0.2) is 29.0 Å². The Bertz CT molecular complexity index is 682. The molecule has 0 radical (unpaired) electrons. The number of nitrogens with zero attached hydrogens (tertiary/aromatic N) is 3. The van der Waals surface area contributed by atoms with E-state index in [1.54, 1.807) is 0 Å². The Morgan fingerprint density at radius 1 is 1.13 bits per heavy atom. The van der Waals surface area contributed by atoms with Gasteiger partial charge in [0.15, 0.2) is 0 Å². The third-order valence-electron chi connectivity index (χ3n) is 3.34. The zero-order chi connectivity index (χ0) is 16.8. The number of aromatic nitrogens is 2. The Balaban J connectivity index is 2.24. The highest BCUT2D eigenvalue weighted by molar-refractivity contribution is 5.89. The van der Waals surface area contributed by atoms with Gasteiger partial charge in [0.05, 0.1) is 0 Å². The largest absolute Gasteiger partial charge is 0.341 e. The maximum atomic E-state index is 11.2. The molecule has 0 bridgehead atoms. The Kier molecular flexibility index (Phi) is 5.51. The fourth-order valence-corrected chi connectivity index (χ4v) is 2.29. The van der Waals surface area contributed by atoms with Crippen LogP contribution in [-0.2, 0) is 4.79 Å². The van der Waals surface area contributed by atoms with Crippen molar-refractivity contribution >= 4 is 29.0 Å². The van der Waals surface area contributed by atoms with Crippen molar-refractivity contribution in [3.63, 3.8) is 0 Å². The summed E-state index contributed by atoms with van der Waals surface area (Å²) in [6, 6.07) is 9.43. The third-order valence-corrected chi connectivity index (χ3v) is 3.34. The number of hydrogen-bond acceptors (Lipinski definition) is 5. The third kappa shape index (κ3) is 4.67. The van der Waals surface area contributed by atoms with Crippen LogP contribution in [0.4, 0.5) is 23.1 Å². The van der Waals surface area contributed by atoms with Crippen LogP contribution in [0.15, 0.2) is 30.3 Å². The van der Waals surface area contributed by atoms with Gasteiger partial charge in [0.1, 0.15) is 5.82 Å². The Labute approximate surface area is 137 Å². The van der Waals surface area contributed by atoms with Gasteiger partial charge in [-0.15, -0.1) is 0 Å². The molecule has 1 aromatic heterocycles. The van der Waals surface area contributed by atoms with Gasteiger partial charge >= 0.3 is 0 Å². The number of anilines is 4. The van der Waals surface area contributed by atoms with Crippen molar-refractivity contribution < 1.29 is 4.79 Å². The van der Waals surface area contributed by atoms with Crippen LogP contribution in [0.5, 0.6) is 0 Å². The molecule has 0 saturated heterocycles. The summed E-state index contributed by atoms with van der Waals surface area (Å²) in [4.78, 5) is 22.3. The average molecular weight is 313 g/mol. The molecule has 23 heavy (non-hydrogen) atoms. The molecule has 1 heterocycles. The molecule has 1 amide bonds. The number of rotatable bonds is 6. The molecule has 0 aliphatic heterocycles. The normalized spacial score (nSPS) is 10.3. The number of hydrogen-bond donors (Lipinski definition) is 2. The number of carbonyl (C=O) groups is 1. The Morgan fingerprint density at radius 2 is 1.83 bits per heavy atom. The first kappa shape index (κ1) is 16.7. The average Bonchev–Trinajstić information content (AvgIpc) is 2.47. The summed E-state index contributed by atoms with van der Waals surface area (Å²) in [5, 5.41) is 6.04. The van der Waals surface area contributed by atoms with Gasteiger partial charge in [-0.25, -0.2) is 4.98 Å². The zero-order valence-corrected chi connectivity index (χ0v) is 14.1. The van der Waals surface area contributed by atoms with Crippen LogP contribution < -0.4 is 15.5 Å². The van der Waals surface area contributed by atoms with Crippen molar-refractivity contribution in [2.75, 3.05) is 28.6 Å². The molecule has 1 aromatic carbocycles. The Hall–Kier alpha value is -2.63. The van der Waals surface area contributed by atoms with Crippen LogP contribution in [0, 0.1) is 6.92 Å². The van der Waals surface area contributed by atoms with Gasteiger partial charge in [-0.05, 0) is 39.0 Å². The summed E-state index contributed by atoms with van der Waals surface area (Å²) in [5.41, 5.74) is 2.51. The predicted octanol–water partition coefficient (Wildman–Crippen LogP) is 3.33. The van der Waals surface area contributed by atoms with Crippen molar-refractivity contribution in [1.29, 1.82) is 0 Å². The molecule has 0 aliphatic rings. The number of carbonyl (C=O) groups excluding carboxylic acids is 1. The summed E-state index contributed by atoms with van der Waals surface area (Å²) in [5.74, 6) is 1.36. The van der Waals surface area contributed by atoms with Gasteiger partial charge in [0.25, 0.3) is 0 Å². The van der Waals surface area contributed by atoms with Gasteiger partial charge in [0, 0.05) is 43.1 Å². The lowest BCUT2D eigenvalue weighted by atomic mass is 10.2. The van der Waals surface area contributed by atoms with Gasteiger partial charge in [-0.3, -0.25) is 4.79 Å². The summed E-state index contributed by atoms with van der Waals surface area (Å²) < 4.78 is 0. The fraction of sp³-hybridized carbons (Fsp3) is 0.353. The molecular formula is C17H23N5O. The van der Waals surface area contributed by atoms with Crippen LogP contribution in [0.2, 0.25) is 0 Å². The molecule has 2 aromatic rings. The Morgan fingerprint density at radius 3 is 2.48 bits per heavy atom. The minimum absolute atomic E-state index is 0.0937. The summed E-state index contributed by atoms with van der Waals surface area (Å²) in [6.07, 6.45) is 0. The van der Waals surface area contributed by atoms with Gasteiger partial charge < -0.3 is 15.5 Å². The maximum Gasteiger partial charge on any atom is 0.227 e. The van der Waals surface area contributed by atoms with E-state index in [9.17, 15) is 4.79 Å². The summed E-state index contributed by atoms with van der Waals surface area (Å²) >= 11 is 0. The highest BCUT2D eigenvalue weighted by atomic mass is 16.1. The fourth-order valence-electron chi connectivity index (χ4n) is 2.29. The second kappa shape index (κ2) is 7.58. The molecule has 2 rings (SSSR count). The molecule has 0 saturated carbocycles. The first-order valence-electron chi connectivity index (χ1n) is 7.77. The van der Waals surface area contributed by atoms with Crippen LogP contribution in [0.1, 0.15) is 26.5 Å². The van der Waals surface area contributed by atoms with Crippen molar-refractivity contribution in [2.24, 2.45) is 0 Å². The zero-order valence-electron chi connectivity index (χ0n) is 14.1. The molecule has 0 spiro atoms. The molecule has 0 unspecified atom stereocenters. The predicted molar refractivity (Wildman–Crippen MR) is 94.4 cm³/mol. The van der Waals surface area contributed by atoms with E-state index in [1.807, 2.05) is 37.3 Å². The van der Waals surface area contributed by atoms with E-state index in [0.717, 1.165) is 41.9 Å². The first-order valence-corrected chi connectivity index (χ1v) is 7.77. The van der Waals surface area contributed by atoms with E-state index >= 15 is 0 Å². The van der Waals surface area contributed by atoms with E-state index in [-0.39, 0.29) is 5.91 Å². The van der Waals surface area contributed by atoms with Crippen LogP contribution >= 0.6 is 0 Å². The maximum absolute atomic E-state index is 11.2. The van der Waals surface area contributed by atoms with E-state index in [0.29, 0.717) is 0 Å². The van der Waals surface area contributed by atoms with E-state index in [4.69, 9.17) is 0 Å². The quantitative estimate of drug-likeness (QED) is 0.856. The SMILES string of the molecule is CCN(CC)c1nc(C)cc(Nc2cccc(NC(C)=O)c2)n1. The van der Waals surface area contributed by atoms with Crippen LogP contribution in [0.25, 0.3) is 0 Å². The monoisotopic (exact) mass is 313 g/mol. The first-order chi connectivity index (χ1) is 11.0. The van der Waals surface area contributed by atoms with Crippen molar-refractivity contribution in [3.05, 3.63) is 36.0 Å². The van der Waals surface area contributed by atoms with E-state index in [1.165, 1.54) is 6.92 Å². The van der Waals surface area contributed by atoms with E-state index < -0.39 is 0 Å². The molecule has 2 N–H and O–H groups in total. The lowest BCUT2D eigenvalue weighted by molar-refractivity contribution is -0.114. The van der Waals surface area contributed by atoms with Crippen molar-refractivity contribution in [1.82, 2.24) is 9.97 Å². The minimum atomic E-state index is -0.0937. The number of nitrogens with one attached hydrogen (secondary N) is 2. The summed E-state index contributed by atoms with van der Waals surface area (Å²) in [7, 11) is 0. The number of aryl methyl sites for hydroxylation is 1. The highest BCUT2D eigenvalue weighted by Crippen LogP contribution is 2.21. The van der Waals surface area contributed by atoms with Crippen molar-refractivity contribution in [2.45, 2.75) is 27.7 Å². The molecule has 6 heteroatoms. The molecule has 0 aliphatic carbocycles. The number of benzene rings is 1. The molecular weight excluding hydrogens is 290 g/mol. The molecule has 0 atom stereocenters. The minimum Gasteiger partial charge on any atom is -0.341 e. The number of amides is 1. The smallest absolute Gasteiger partial charge is 0.227 e. The molecule has 6 nitrogen and oxygen atoms in total. The highest BCUT2D eigenvalue weighted by Gasteiger charge is 2.08. The van der Waals surface area contributed by atoms with E-state index in [2.05, 4.69) is 39.3 Å². The lowest BCUT2D eigenvalue weighted by Crippen LogP contribution is -2.24. The lowest BCUT2D eigenvalue weighted by Gasteiger charge is -2.19. The van der Waals surface area contributed by atoms with Gasteiger partial charge in [0.2, 0.25) is 11.9 Å². The standard InChI is InChI=1S/C17H23N5O/c1-5-22(6-2)17-18-12(3)10-16(21-17)20-15-9-7-8-14(11-15)19-13(4)23/h7-11H,5-6H2,1-4H3,(H,19,23)(H,18,20,21). The van der Waals surface area contributed by atoms with Gasteiger partial charge in [-0.1, -0.05) is 6.07 Å². The van der Waals surface area contributed by atoms with Crippen LogP contribution in [0.3, 0.4) is 0 Å². The second-order valence-electron chi connectivity index (χ2n) is 5.25. The van der Waals surface area contributed by atoms with Crippen molar-refractivity contribution in [3.8, 4) is 0 Å². The summed E-state index contributed by atoms with van der Waals surface area (Å²) in [6.45, 7) is 9.32. The molecule has 0 fully saturated rings. The molecule has 122 valence electrons. The topological polar surface area (TPSA) is 70.2 Å². The second-order valence-corrected chi connectivity index (χ2v) is 5.25. The van der Waals surface area contributed by atoms with Gasteiger partial charge in [-0.2, -0.15) is 4.98 Å².